The van der Waals surface area contributed by atoms with Crippen LogP contribution >= 0.6 is 0 Å². The van der Waals surface area contributed by atoms with Gasteiger partial charge < -0.3 is 14.7 Å². The van der Waals surface area contributed by atoms with E-state index >= 15 is 0 Å². The number of carboxylic acid groups (broad SMARTS) is 1. The van der Waals surface area contributed by atoms with Crippen molar-refractivity contribution < 1.29 is 14.6 Å². The van der Waals surface area contributed by atoms with Crippen LogP contribution in [0, 0.1) is 0 Å². The maximum Gasteiger partial charge on any atom is 0.336 e. The fourth-order valence-corrected chi connectivity index (χ4v) is 3.20. The molecule has 2 aliphatic heterocycles. The van der Waals surface area contributed by atoms with Crippen LogP contribution in [0.5, 0.6) is 0 Å². The van der Waals surface area contributed by atoms with Gasteiger partial charge in [-0.25, -0.2) is 4.79 Å². The second kappa shape index (κ2) is 5.21. The van der Waals surface area contributed by atoms with E-state index in [4.69, 9.17) is 4.74 Å². The zero-order valence-electron chi connectivity index (χ0n) is 11.0. The van der Waals surface area contributed by atoms with E-state index in [9.17, 15) is 9.90 Å². The minimum absolute atomic E-state index is 0.400. The van der Waals surface area contributed by atoms with Gasteiger partial charge in [0.25, 0.3) is 0 Å². The molecule has 1 atom stereocenters. The average molecular weight is 261 g/mol. The van der Waals surface area contributed by atoms with Gasteiger partial charge in [-0.3, -0.25) is 0 Å². The monoisotopic (exact) mass is 261 g/mol. The van der Waals surface area contributed by atoms with E-state index in [1.165, 1.54) is 0 Å². The topological polar surface area (TPSA) is 49.8 Å². The van der Waals surface area contributed by atoms with E-state index in [0.717, 1.165) is 56.7 Å². The van der Waals surface area contributed by atoms with Crippen molar-refractivity contribution in [3.63, 3.8) is 0 Å². The second-order valence-corrected chi connectivity index (χ2v) is 5.28. The molecule has 0 amide bonds. The third-order valence-corrected chi connectivity index (χ3v) is 4.09. The summed E-state index contributed by atoms with van der Waals surface area (Å²) in [6, 6.07) is 6.01. The third kappa shape index (κ3) is 2.32. The molecule has 1 fully saturated rings. The molecule has 0 spiro atoms. The number of ether oxygens (including phenoxy) is 1. The van der Waals surface area contributed by atoms with Crippen LogP contribution in [0.15, 0.2) is 18.2 Å². The molecule has 1 saturated heterocycles. The standard InChI is InChI=1S/C15H19NO3/c17-15(18)13-5-1-7-14-12(13)6-2-8-16(14)11-4-3-9-19-10-11/h1,5,7,11H,2-4,6,8-10H2,(H,17,18). The van der Waals surface area contributed by atoms with Crippen molar-refractivity contribution in [2.75, 3.05) is 24.7 Å². The van der Waals surface area contributed by atoms with E-state index in [0.29, 0.717) is 11.6 Å². The van der Waals surface area contributed by atoms with Crippen LogP contribution in [-0.2, 0) is 11.2 Å². The third-order valence-electron chi connectivity index (χ3n) is 4.09. The van der Waals surface area contributed by atoms with Gasteiger partial charge in [0.2, 0.25) is 0 Å². The Labute approximate surface area is 113 Å². The summed E-state index contributed by atoms with van der Waals surface area (Å²) in [4.78, 5) is 13.7. The summed E-state index contributed by atoms with van der Waals surface area (Å²) in [6.07, 6.45) is 4.11. The molecule has 3 rings (SSSR count). The number of benzene rings is 1. The number of rotatable bonds is 2. The van der Waals surface area contributed by atoms with Gasteiger partial charge in [0.1, 0.15) is 0 Å². The molecule has 1 aromatic carbocycles. The highest BCUT2D eigenvalue weighted by atomic mass is 16.5. The molecule has 102 valence electrons. The molecule has 0 aromatic heterocycles. The zero-order chi connectivity index (χ0) is 13.2. The molecule has 0 aliphatic carbocycles. The van der Waals surface area contributed by atoms with E-state index < -0.39 is 5.97 Å². The van der Waals surface area contributed by atoms with Crippen LogP contribution in [0.3, 0.4) is 0 Å². The first kappa shape index (κ1) is 12.5. The van der Waals surface area contributed by atoms with E-state index in [1.807, 2.05) is 6.07 Å². The first-order chi connectivity index (χ1) is 9.27. The molecular weight excluding hydrogens is 242 g/mol. The number of nitrogens with zero attached hydrogens (tertiary/aromatic N) is 1. The van der Waals surface area contributed by atoms with Crippen molar-refractivity contribution in [2.45, 2.75) is 31.7 Å². The van der Waals surface area contributed by atoms with Gasteiger partial charge in [-0.15, -0.1) is 0 Å². The zero-order valence-corrected chi connectivity index (χ0v) is 11.0. The lowest BCUT2D eigenvalue weighted by molar-refractivity contribution is 0.0695. The number of carbonyl (C=O) groups is 1. The molecule has 0 bridgehead atoms. The fraction of sp³-hybridized carbons (Fsp3) is 0.533. The Hall–Kier alpha value is -1.55. The van der Waals surface area contributed by atoms with Crippen LogP contribution in [-0.4, -0.2) is 36.9 Å². The summed E-state index contributed by atoms with van der Waals surface area (Å²) in [5, 5.41) is 9.29. The number of fused-ring (bicyclic) bond motifs is 1. The molecule has 1 aromatic rings. The highest BCUT2D eigenvalue weighted by Crippen LogP contribution is 2.33. The summed E-state index contributed by atoms with van der Waals surface area (Å²) < 4.78 is 5.57. The molecule has 2 aliphatic rings. The molecular formula is C15H19NO3. The Morgan fingerprint density at radius 2 is 2.26 bits per heavy atom. The summed E-state index contributed by atoms with van der Waals surface area (Å²) in [5.74, 6) is -0.821. The van der Waals surface area contributed by atoms with E-state index in [1.54, 1.807) is 6.07 Å². The van der Waals surface area contributed by atoms with E-state index in [2.05, 4.69) is 11.0 Å². The first-order valence-corrected chi connectivity index (χ1v) is 6.97. The van der Waals surface area contributed by atoms with Crippen LogP contribution in [0.1, 0.15) is 35.2 Å². The quantitative estimate of drug-likeness (QED) is 0.887. The number of hydrogen-bond acceptors (Lipinski definition) is 3. The Balaban J connectivity index is 1.95. The Kier molecular flexibility index (Phi) is 3.42. The van der Waals surface area contributed by atoms with Crippen LogP contribution in [0.2, 0.25) is 0 Å². The number of aromatic carboxylic acids is 1. The molecule has 0 radical (unpaired) electrons. The van der Waals surface area contributed by atoms with Crippen molar-refractivity contribution in [3.8, 4) is 0 Å². The lowest BCUT2D eigenvalue weighted by atomic mass is 9.94. The lowest BCUT2D eigenvalue weighted by Gasteiger charge is -2.40. The predicted octanol–water partition coefficient (Wildman–Crippen LogP) is 2.32. The van der Waals surface area contributed by atoms with Crippen molar-refractivity contribution in [1.82, 2.24) is 0 Å². The Morgan fingerprint density at radius 1 is 1.37 bits per heavy atom. The van der Waals surface area contributed by atoms with Gasteiger partial charge in [-0.05, 0) is 43.4 Å². The number of hydrogen-bond donors (Lipinski definition) is 1. The molecule has 1 unspecified atom stereocenters. The van der Waals surface area contributed by atoms with Crippen molar-refractivity contribution in [1.29, 1.82) is 0 Å². The normalized spacial score (nSPS) is 22.9. The van der Waals surface area contributed by atoms with Crippen LogP contribution in [0.25, 0.3) is 0 Å². The molecule has 1 N–H and O–H groups in total. The second-order valence-electron chi connectivity index (χ2n) is 5.28. The van der Waals surface area contributed by atoms with Crippen LogP contribution in [0.4, 0.5) is 5.69 Å². The number of anilines is 1. The smallest absolute Gasteiger partial charge is 0.336 e. The van der Waals surface area contributed by atoms with Crippen molar-refractivity contribution in [2.24, 2.45) is 0 Å². The fourth-order valence-electron chi connectivity index (χ4n) is 3.20. The molecule has 19 heavy (non-hydrogen) atoms. The summed E-state index contributed by atoms with van der Waals surface area (Å²) >= 11 is 0. The first-order valence-electron chi connectivity index (χ1n) is 6.97. The molecule has 0 saturated carbocycles. The minimum atomic E-state index is -0.821. The highest BCUT2D eigenvalue weighted by Gasteiger charge is 2.28. The molecule has 2 heterocycles. The molecule has 4 heteroatoms. The highest BCUT2D eigenvalue weighted by molar-refractivity contribution is 5.91. The predicted molar refractivity (Wildman–Crippen MR) is 72.9 cm³/mol. The maximum absolute atomic E-state index is 11.3. The van der Waals surface area contributed by atoms with Crippen molar-refractivity contribution in [3.05, 3.63) is 29.3 Å². The van der Waals surface area contributed by atoms with Crippen molar-refractivity contribution >= 4 is 11.7 Å². The maximum atomic E-state index is 11.3. The van der Waals surface area contributed by atoms with Gasteiger partial charge in [0, 0.05) is 18.8 Å². The summed E-state index contributed by atoms with van der Waals surface area (Å²) in [5.41, 5.74) is 2.55. The minimum Gasteiger partial charge on any atom is -0.478 e. The van der Waals surface area contributed by atoms with Gasteiger partial charge in [-0.1, -0.05) is 6.07 Å². The van der Waals surface area contributed by atoms with E-state index in [-0.39, 0.29) is 0 Å². The van der Waals surface area contributed by atoms with Gasteiger partial charge in [0.15, 0.2) is 0 Å². The largest absolute Gasteiger partial charge is 0.478 e. The van der Waals surface area contributed by atoms with Gasteiger partial charge >= 0.3 is 5.97 Å². The number of carboxylic acids is 1. The van der Waals surface area contributed by atoms with Crippen LogP contribution < -0.4 is 4.90 Å². The SMILES string of the molecule is O=C(O)c1cccc2c1CCCN2C1CCCOC1. The molecule has 4 nitrogen and oxygen atoms in total. The van der Waals surface area contributed by atoms with Gasteiger partial charge in [0.05, 0.1) is 18.2 Å². The summed E-state index contributed by atoms with van der Waals surface area (Å²) in [7, 11) is 0. The van der Waals surface area contributed by atoms with Gasteiger partial charge in [-0.2, -0.15) is 0 Å². The lowest BCUT2D eigenvalue weighted by Crippen LogP contribution is -2.44. The average Bonchev–Trinajstić information content (AvgIpc) is 2.46. The Morgan fingerprint density at radius 3 is 3.00 bits per heavy atom. The Bertz CT molecular complexity index is 480. The summed E-state index contributed by atoms with van der Waals surface area (Å²) in [6.45, 7) is 2.62.